The van der Waals surface area contributed by atoms with E-state index in [-0.39, 0.29) is 0 Å². The van der Waals surface area contributed by atoms with Gasteiger partial charge in [0.1, 0.15) is 12.4 Å². The van der Waals surface area contributed by atoms with Gasteiger partial charge in [-0.1, -0.05) is 24.3 Å². The molecule has 0 saturated carbocycles. The number of rotatable bonds is 10. The minimum atomic E-state index is 0.379. The van der Waals surface area contributed by atoms with E-state index >= 15 is 0 Å². The van der Waals surface area contributed by atoms with E-state index < -0.39 is 0 Å². The molecule has 130 valence electrons. The molecule has 1 N–H and O–H groups in total. The molecular weight excluding hydrogens is 302 g/mol. The maximum Gasteiger partial charge on any atom is 0.161 e. The van der Waals surface area contributed by atoms with Crippen molar-refractivity contribution < 1.29 is 14.2 Å². The van der Waals surface area contributed by atoms with Crippen LogP contribution in [0.25, 0.3) is 0 Å². The number of hydrogen-bond acceptors (Lipinski definition) is 4. The zero-order valence-electron chi connectivity index (χ0n) is 14.7. The molecule has 24 heavy (non-hydrogen) atoms. The highest BCUT2D eigenvalue weighted by atomic mass is 16.5. The van der Waals surface area contributed by atoms with Crippen LogP contribution in [0, 0.1) is 0 Å². The molecule has 0 aliphatic carbocycles. The van der Waals surface area contributed by atoms with Gasteiger partial charge in [-0.2, -0.15) is 0 Å². The molecular formula is C20H27NO3. The predicted molar refractivity (Wildman–Crippen MR) is 97.3 cm³/mol. The van der Waals surface area contributed by atoms with Gasteiger partial charge >= 0.3 is 0 Å². The molecule has 0 aromatic heterocycles. The molecule has 0 saturated heterocycles. The van der Waals surface area contributed by atoms with Crippen molar-refractivity contribution in [3.63, 3.8) is 0 Å². The van der Waals surface area contributed by atoms with Crippen molar-refractivity contribution in [3.05, 3.63) is 54.1 Å². The summed E-state index contributed by atoms with van der Waals surface area (Å²) in [6, 6.07) is 16.3. The number of benzene rings is 2. The quantitative estimate of drug-likeness (QED) is 0.675. The largest absolute Gasteiger partial charge is 0.497 e. The molecule has 0 radical (unpaired) electrons. The van der Waals surface area contributed by atoms with Gasteiger partial charge in [0.05, 0.1) is 13.7 Å². The fraction of sp³-hybridized carbons (Fsp3) is 0.400. The first-order valence-electron chi connectivity index (χ1n) is 8.44. The molecule has 0 aliphatic heterocycles. The van der Waals surface area contributed by atoms with E-state index in [0.717, 1.165) is 30.2 Å². The van der Waals surface area contributed by atoms with Crippen LogP contribution in [0.1, 0.15) is 19.4 Å². The highest BCUT2D eigenvalue weighted by Gasteiger charge is 2.05. The molecule has 4 nitrogen and oxygen atoms in total. The average Bonchev–Trinajstić information content (AvgIpc) is 2.61. The molecule has 1 atom stereocenters. The first kappa shape index (κ1) is 18.1. The summed E-state index contributed by atoms with van der Waals surface area (Å²) in [5.41, 5.74) is 1.29. The van der Waals surface area contributed by atoms with Crippen LogP contribution >= 0.6 is 0 Å². The van der Waals surface area contributed by atoms with E-state index in [2.05, 4.69) is 24.4 Å². The maximum atomic E-state index is 5.82. The lowest BCUT2D eigenvalue weighted by molar-refractivity contribution is 0.272. The van der Waals surface area contributed by atoms with Crippen molar-refractivity contribution in [2.24, 2.45) is 0 Å². The van der Waals surface area contributed by atoms with Crippen LogP contribution in [0.4, 0.5) is 0 Å². The summed E-state index contributed by atoms with van der Waals surface area (Å²) in [6.45, 7) is 6.18. The summed E-state index contributed by atoms with van der Waals surface area (Å²) in [5.74, 6) is 2.48. The molecule has 0 fully saturated rings. The molecule has 0 amide bonds. The molecule has 2 aromatic carbocycles. The second-order valence-electron chi connectivity index (χ2n) is 5.64. The lowest BCUT2D eigenvalue weighted by atomic mass is 10.1. The third kappa shape index (κ3) is 5.78. The molecule has 0 aliphatic rings. The third-order valence-corrected chi connectivity index (χ3v) is 3.70. The smallest absolute Gasteiger partial charge is 0.161 e. The fourth-order valence-electron chi connectivity index (χ4n) is 2.50. The third-order valence-electron chi connectivity index (χ3n) is 3.70. The SMILES string of the molecule is CCOc1ccccc1OCCN[C@@H](C)Cc1ccc(OC)cc1. The van der Waals surface area contributed by atoms with Crippen LogP contribution in [0.2, 0.25) is 0 Å². The normalized spacial score (nSPS) is 11.8. The van der Waals surface area contributed by atoms with E-state index in [0.29, 0.717) is 19.3 Å². The minimum absolute atomic E-state index is 0.379. The molecule has 2 aromatic rings. The molecule has 4 heteroatoms. The van der Waals surface area contributed by atoms with Crippen LogP contribution in [0.15, 0.2) is 48.5 Å². The zero-order valence-corrected chi connectivity index (χ0v) is 14.7. The van der Waals surface area contributed by atoms with Gasteiger partial charge in [-0.05, 0) is 50.1 Å². The van der Waals surface area contributed by atoms with Crippen LogP contribution in [-0.4, -0.2) is 32.9 Å². The summed E-state index contributed by atoms with van der Waals surface area (Å²) < 4.78 is 16.6. The summed E-state index contributed by atoms with van der Waals surface area (Å²) in [4.78, 5) is 0. The lowest BCUT2D eigenvalue weighted by Gasteiger charge is -2.15. The summed E-state index contributed by atoms with van der Waals surface area (Å²) in [5, 5.41) is 3.48. The Hall–Kier alpha value is -2.20. The van der Waals surface area contributed by atoms with Crippen LogP contribution in [0.3, 0.4) is 0 Å². The Kier molecular flexibility index (Phi) is 7.43. The van der Waals surface area contributed by atoms with E-state index in [1.54, 1.807) is 7.11 Å². The van der Waals surface area contributed by atoms with E-state index in [1.807, 2.05) is 43.3 Å². The zero-order chi connectivity index (χ0) is 17.2. The van der Waals surface area contributed by atoms with Crippen LogP contribution < -0.4 is 19.5 Å². The van der Waals surface area contributed by atoms with Crippen molar-refractivity contribution in [2.75, 3.05) is 26.9 Å². The Morgan fingerprint density at radius 1 is 0.958 bits per heavy atom. The monoisotopic (exact) mass is 329 g/mol. The first-order chi connectivity index (χ1) is 11.7. The van der Waals surface area contributed by atoms with E-state index in [9.17, 15) is 0 Å². The van der Waals surface area contributed by atoms with Gasteiger partial charge in [0.25, 0.3) is 0 Å². The van der Waals surface area contributed by atoms with Gasteiger partial charge in [0, 0.05) is 12.6 Å². The Balaban J connectivity index is 1.71. The first-order valence-corrected chi connectivity index (χ1v) is 8.44. The Bertz CT molecular complexity index is 598. The van der Waals surface area contributed by atoms with Crippen molar-refractivity contribution in [2.45, 2.75) is 26.3 Å². The second kappa shape index (κ2) is 9.83. The van der Waals surface area contributed by atoms with Gasteiger partial charge in [-0.25, -0.2) is 0 Å². The number of nitrogens with one attached hydrogen (secondary N) is 1. The number of para-hydroxylation sites is 2. The Labute approximate surface area is 144 Å². The Morgan fingerprint density at radius 3 is 2.25 bits per heavy atom. The van der Waals surface area contributed by atoms with Gasteiger partial charge < -0.3 is 19.5 Å². The van der Waals surface area contributed by atoms with Crippen molar-refractivity contribution in [1.82, 2.24) is 5.32 Å². The molecule has 0 heterocycles. The number of ether oxygens (including phenoxy) is 3. The highest BCUT2D eigenvalue weighted by Crippen LogP contribution is 2.26. The van der Waals surface area contributed by atoms with Crippen molar-refractivity contribution in [1.29, 1.82) is 0 Å². The predicted octanol–water partition coefficient (Wildman–Crippen LogP) is 3.69. The fourth-order valence-corrected chi connectivity index (χ4v) is 2.50. The van der Waals surface area contributed by atoms with Crippen LogP contribution in [0.5, 0.6) is 17.2 Å². The highest BCUT2D eigenvalue weighted by molar-refractivity contribution is 5.39. The Morgan fingerprint density at radius 2 is 1.62 bits per heavy atom. The number of hydrogen-bond donors (Lipinski definition) is 1. The van der Waals surface area contributed by atoms with Gasteiger partial charge in [0.15, 0.2) is 11.5 Å². The molecule has 0 bridgehead atoms. The standard InChI is InChI=1S/C20H27NO3/c1-4-23-19-7-5-6-8-20(19)24-14-13-21-16(2)15-17-9-11-18(22-3)12-10-17/h5-12,16,21H,4,13-15H2,1-3H3/t16-/m0/s1. The molecule has 0 unspecified atom stereocenters. The van der Waals surface area contributed by atoms with Gasteiger partial charge in [-0.15, -0.1) is 0 Å². The summed E-state index contributed by atoms with van der Waals surface area (Å²) in [6.07, 6.45) is 0.972. The van der Waals surface area contributed by atoms with E-state index in [4.69, 9.17) is 14.2 Å². The summed E-state index contributed by atoms with van der Waals surface area (Å²) >= 11 is 0. The minimum Gasteiger partial charge on any atom is -0.497 e. The topological polar surface area (TPSA) is 39.7 Å². The van der Waals surface area contributed by atoms with Gasteiger partial charge in [-0.3, -0.25) is 0 Å². The second-order valence-corrected chi connectivity index (χ2v) is 5.64. The summed E-state index contributed by atoms with van der Waals surface area (Å²) in [7, 11) is 1.68. The van der Waals surface area contributed by atoms with Crippen LogP contribution in [-0.2, 0) is 6.42 Å². The van der Waals surface area contributed by atoms with E-state index in [1.165, 1.54) is 5.56 Å². The van der Waals surface area contributed by atoms with Crippen molar-refractivity contribution in [3.8, 4) is 17.2 Å². The molecule has 0 spiro atoms. The van der Waals surface area contributed by atoms with Crippen molar-refractivity contribution >= 4 is 0 Å². The molecule has 2 rings (SSSR count). The maximum absolute atomic E-state index is 5.82. The lowest BCUT2D eigenvalue weighted by Crippen LogP contribution is -2.31. The number of methoxy groups -OCH3 is 1. The average molecular weight is 329 g/mol. The van der Waals surface area contributed by atoms with Gasteiger partial charge in [0.2, 0.25) is 0 Å².